The van der Waals surface area contributed by atoms with Crippen molar-refractivity contribution in [3.63, 3.8) is 0 Å². The molecule has 1 amide bonds. The van der Waals surface area contributed by atoms with Crippen LogP contribution < -0.4 is 5.32 Å². The average Bonchev–Trinajstić information content (AvgIpc) is 3.32. The Labute approximate surface area is 178 Å². The minimum atomic E-state index is -0.0343. The van der Waals surface area contributed by atoms with Crippen molar-refractivity contribution in [3.8, 4) is 11.4 Å². The highest BCUT2D eigenvalue weighted by atomic mass is 35.5. The van der Waals surface area contributed by atoms with Crippen molar-refractivity contribution in [2.45, 2.75) is 44.9 Å². The molecule has 0 atom stereocenters. The standard InChI is InChI=1S/C20H23ClN4OS2/c1-3-5-17-10-15(12-27-17)19-23-24-20(25(19)4-2)28-13-18(26)22-11-14-6-8-16(21)9-7-14/h6-10,12H,3-5,11,13H2,1-2H3,(H,22,26). The third-order valence-electron chi connectivity index (χ3n) is 4.18. The molecule has 8 heteroatoms. The minimum Gasteiger partial charge on any atom is -0.351 e. The molecule has 3 aromatic rings. The van der Waals surface area contributed by atoms with Gasteiger partial charge in [0.05, 0.1) is 5.75 Å². The number of amides is 1. The van der Waals surface area contributed by atoms with E-state index in [0.717, 1.165) is 41.5 Å². The van der Waals surface area contributed by atoms with Gasteiger partial charge >= 0.3 is 0 Å². The van der Waals surface area contributed by atoms with E-state index < -0.39 is 0 Å². The number of aromatic nitrogens is 3. The van der Waals surface area contributed by atoms with E-state index in [1.54, 1.807) is 11.3 Å². The van der Waals surface area contributed by atoms with E-state index in [4.69, 9.17) is 11.6 Å². The molecule has 0 aliphatic heterocycles. The number of thiophene rings is 1. The van der Waals surface area contributed by atoms with Crippen molar-refractivity contribution in [3.05, 3.63) is 51.2 Å². The number of carbonyl (C=O) groups excluding carboxylic acids is 1. The Kier molecular flexibility index (Phi) is 7.53. The predicted octanol–water partition coefficient (Wildman–Crippen LogP) is 5.04. The van der Waals surface area contributed by atoms with Crippen molar-refractivity contribution >= 4 is 40.6 Å². The lowest BCUT2D eigenvalue weighted by Gasteiger charge is -2.07. The number of hydrogen-bond acceptors (Lipinski definition) is 5. The van der Waals surface area contributed by atoms with Gasteiger partial charge in [-0.1, -0.05) is 48.8 Å². The van der Waals surface area contributed by atoms with Crippen molar-refractivity contribution < 1.29 is 4.79 Å². The Morgan fingerprint density at radius 1 is 1.25 bits per heavy atom. The molecule has 0 fully saturated rings. The van der Waals surface area contributed by atoms with E-state index in [1.165, 1.54) is 16.6 Å². The van der Waals surface area contributed by atoms with Crippen LogP contribution in [0.15, 0.2) is 40.9 Å². The molecule has 0 aliphatic carbocycles. The van der Waals surface area contributed by atoms with Crippen LogP contribution in [0.5, 0.6) is 0 Å². The number of nitrogens with one attached hydrogen (secondary N) is 1. The summed E-state index contributed by atoms with van der Waals surface area (Å²) in [4.78, 5) is 13.6. The summed E-state index contributed by atoms with van der Waals surface area (Å²) >= 11 is 9.05. The number of nitrogens with zero attached hydrogens (tertiary/aromatic N) is 3. The molecule has 3 rings (SSSR count). The van der Waals surface area contributed by atoms with E-state index in [9.17, 15) is 4.79 Å². The van der Waals surface area contributed by atoms with Gasteiger partial charge in [-0.15, -0.1) is 21.5 Å². The van der Waals surface area contributed by atoms with Gasteiger partial charge in [-0.2, -0.15) is 0 Å². The molecular formula is C20H23ClN4OS2. The third-order valence-corrected chi connectivity index (χ3v) is 6.39. The van der Waals surface area contributed by atoms with E-state index in [0.29, 0.717) is 17.3 Å². The Hall–Kier alpha value is -1.83. The maximum Gasteiger partial charge on any atom is 0.230 e. The van der Waals surface area contributed by atoms with E-state index >= 15 is 0 Å². The molecule has 1 N–H and O–H groups in total. The van der Waals surface area contributed by atoms with Gasteiger partial charge in [-0.25, -0.2) is 0 Å². The van der Waals surface area contributed by atoms with Crippen molar-refractivity contribution in [2.75, 3.05) is 5.75 Å². The minimum absolute atomic E-state index is 0.0343. The van der Waals surface area contributed by atoms with Crippen LogP contribution in [-0.4, -0.2) is 26.4 Å². The van der Waals surface area contributed by atoms with Crippen LogP contribution in [-0.2, 0) is 24.3 Å². The summed E-state index contributed by atoms with van der Waals surface area (Å²) in [6.45, 7) is 5.49. The Bertz CT molecular complexity index is 921. The molecular weight excluding hydrogens is 412 g/mol. The van der Waals surface area contributed by atoms with Gasteiger partial charge in [0.2, 0.25) is 5.91 Å². The monoisotopic (exact) mass is 434 g/mol. The quantitative estimate of drug-likeness (QED) is 0.479. The first-order chi connectivity index (χ1) is 13.6. The highest BCUT2D eigenvalue weighted by molar-refractivity contribution is 7.99. The van der Waals surface area contributed by atoms with Crippen molar-refractivity contribution in [1.29, 1.82) is 0 Å². The zero-order valence-corrected chi connectivity index (χ0v) is 18.3. The molecule has 2 heterocycles. The molecule has 0 bridgehead atoms. The van der Waals surface area contributed by atoms with Gasteiger partial charge in [0.1, 0.15) is 0 Å². The third kappa shape index (κ3) is 5.37. The fraction of sp³-hybridized carbons (Fsp3) is 0.350. The molecule has 148 valence electrons. The fourth-order valence-electron chi connectivity index (χ4n) is 2.75. The fourth-order valence-corrected chi connectivity index (χ4v) is 4.68. The largest absolute Gasteiger partial charge is 0.351 e. The smallest absolute Gasteiger partial charge is 0.230 e. The second-order valence-corrected chi connectivity index (χ2v) is 8.67. The van der Waals surface area contributed by atoms with Crippen molar-refractivity contribution in [2.24, 2.45) is 0 Å². The summed E-state index contributed by atoms with van der Waals surface area (Å²) in [5.41, 5.74) is 2.11. The molecule has 0 radical (unpaired) electrons. The van der Waals surface area contributed by atoms with Gasteiger partial charge in [0.25, 0.3) is 0 Å². The van der Waals surface area contributed by atoms with Gasteiger partial charge in [-0.3, -0.25) is 4.79 Å². The molecule has 0 saturated carbocycles. The lowest BCUT2D eigenvalue weighted by atomic mass is 10.2. The molecule has 0 spiro atoms. The highest BCUT2D eigenvalue weighted by Crippen LogP contribution is 2.28. The zero-order valence-electron chi connectivity index (χ0n) is 15.9. The summed E-state index contributed by atoms with van der Waals surface area (Å²) < 4.78 is 2.06. The summed E-state index contributed by atoms with van der Waals surface area (Å²) in [6, 6.07) is 9.64. The first-order valence-corrected chi connectivity index (χ1v) is 11.5. The summed E-state index contributed by atoms with van der Waals surface area (Å²) in [5, 5.41) is 15.2. The lowest BCUT2D eigenvalue weighted by molar-refractivity contribution is -0.118. The predicted molar refractivity (Wildman–Crippen MR) is 117 cm³/mol. The van der Waals surface area contributed by atoms with Crippen molar-refractivity contribution in [1.82, 2.24) is 20.1 Å². The number of benzene rings is 1. The van der Waals surface area contributed by atoms with Gasteiger partial charge in [0, 0.05) is 33.9 Å². The molecule has 0 unspecified atom stereocenters. The van der Waals surface area contributed by atoms with Crippen LogP contribution in [0, 0.1) is 0 Å². The van der Waals surface area contributed by atoms with E-state index in [1.807, 2.05) is 24.3 Å². The summed E-state index contributed by atoms with van der Waals surface area (Å²) in [5.74, 6) is 1.13. The maximum atomic E-state index is 12.2. The van der Waals surface area contributed by atoms with E-state index in [-0.39, 0.29) is 5.91 Å². The first kappa shape index (κ1) is 20.9. The van der Waals surface area contributed by atoms with Gasteiger partial charge in [0.15, 0.2) is 11.0 Å². The first-order valence-electron chi connectivity index (χ1n) is 9.25. The molecule has 1 aromatic carbocycles. The second kappa shape index (κ2) is 10.1. The average molecular weight is 435 g/mol. The number of carbonyl (C=O) groups is 1. The number of thioether (sulfide) groups is 1. The molecule has 0 saturated heterocycles. The number of aryl methyl sites for hydroxylation is 1. The highest BCUT2D eigenvalue weighted by Gasteiger charge is 2.15. The van der Waals surface area contributed by atoms with Crippen LogP contribution in [0.4, 0.5) is 0 Å². The Morgan fingerprint density at radius 2 is 2.04 bits per heavy atom. The number of halogens is 1. The van der Waals surface area contributed by atoms with Crippen LogP contribution in [0.2, 0.25) is 5.02 Å². The number of hydrogen-bond donors (Lipinski definition) is 1. The van der Waals surface area contributed by atoms with Crippen LogP contribution in [0.25, 0.3) is 11.4 Å². The molecule has 0 aliphatic rings. The maximum absolute atomic E-state index is 12.2. The van der Waals surface area contributed by atoms with E-state index in [2.05, 4.69) is 45.4 Å². The lowest BCUT2D eigenvalue weighted by Crippen LogP contribution is -2.24. The molecule has 28 heavy (non-hydrogen) atoms. The Morgan fingerprint density at radius 3 is 2.75 bits per heavy atom. The van der Waals surface area contributed by atoms with Crippen LogP contribution in [0.3, 0.4) is 0 Å². The summed E-state index contributed by atoms with van der Waals surface area (Å²) in [6.07, 6.45) is 2.22. The topological polar surface area (TPSA) is 59.8 Å². The normalized spacial score (nSPS) is 11.0. The molecule has 5 nitrogen and oxygen atoms in total. The SMILES string of the molecule is CCCc1cc(-c2nnc(SCC(=O)NCc3ccc(Cl)cc3)n2CC)cs1. The van der Waals surface area contributed by atoms with Crippen LogP contribution >= 0.6 is 34.7 Å². The van der Waals surface area contributed by atoms with Gasteiger partial charge in [-0.05, 0) is 37.1 Å². The number of rotatable bonds is 9. The molecule has 2 aromatic heterocycles. The zero-order chi connectivity index (χ0) is 19.9. The van der Waals surface area contributed by atoms with Crippen LogP contribution in [0.1, 0.15) is 30.7 Å². The van der Waals surface area contributed by atoms with Gasteiger partial charge < -0.3 is 9.88 Å². The second-order valence-electron chi connectivity index (χ2n) is 6.29. The summed E-state index contributed by atoms with van der Waals surface area (Å²) in [7, 11) is 0. The Balaban J connectivity index is 1.58.